The Morgan fingerprint density at radius 2 is 1.85 bits per heavy atom. The minimum atomic E-state index is 0.0281. The highest BCUT2D eigenvalue weighted by molar-refractivity contribution is 7.12. The fraction of sp³-hybridized carbons (Fsp3) is 0.357. The van der Waals surface area contributed by atoms with Crippen molar-refractivity contribution in [3.8, 4) is 5.75 Å². The largest absolute Gasteiger partial charge is 0.494 e. The summed E-state index contributed by atoms with van der Waals surface area (Å²) in [6, 6.07) is 20.5. The maximum Gasteiger partial charge on any atom is 0.261 e. The number of unbranched alkanes of at least 4 members (excludes halogenated alkanes) is 2. The minimum Gasteiger partial charge on any atom is -0.494 e. The van der Waals surface area contributed by atoms with Crippen LogP contribution in [0.3, 0.4) is 0 Å². The van der Waals surface area contributed by atoms with Crippen molar-refractivity contribution in [3.05, 3.63) is 82.3 Å². The van der Waals surface area contributed by atoms with Crippen LogP contribution in [-0.2, 0) is 19.4 Å². The third kappa shape index (κ3) is 6.48. The van der Waals surface area contributed by atoms with Crippen LogP contribution in [0, 0.1) is 0 Å². The zero-order chi connectivity index (χ0) is 23.6. The van der Waals surface area contributed by atoms with E-state index in [-0.39, 0.29) is 5.91 Å². The fourth-order valence-electron chi connectivity index (χ4n) is 4.08. The predicted octanol–water partition coefficient (Wildman–Crippen LogP) is 6.27. The molecule has 1 N–H and O–H groups in total. The van der Waals surface area contributed by atoms with E-state index in [1.807, 2.05) is 23.6 Å². The van der Waals surface area contributed by atoms with E-state index in [9.17, 15) is 4.79 Å². The number of thiophene rings is 1. The lowest BCUT2D eigenvalue weighted by molar-refractivity contribution is 0.0957. The van der Waals surface area contributed by atoms with Crippen LogP contribution in [0.4, 0.5) is 0 Å². The fourth-order valence-corrected chi connectivity index (χ4v) is 4.72. The first-order chi connectivity index (χ1) is 16.7. The molecular formula is C28H33N3O2S. The maximum absolute atomic E-state index is 12.0. The summed E-state index contributed by atoms with van der Waals surface area (Å²) in [5, 5.41) is 4.93. The molecule has 1 amide bonds. The number of nitrogens with one attached hydrogen (secondary N) is 1. The Balaban J connectivity index is 1.24. The van der Waals surface area contributed by atoms with Gasteiger partial charge in [0.1, 0.15) is 11.6 Å². The Labute approximate surface area is 205 Å². The number of nitrogens with zero attached hydrogens (tertiary/aromatic N) is 2. The number of para-hydroxylation sites is 2. The molecular weight excluding hydrogens is 442 g/mol. The van der Waals surface area contributed by atoms with Gasteiger partial charge in [0, 0.05) is 19.5 Å². The molecule has 2 heterocycles. The van der Waals surface area contributed by atoms with Gasteiger partial charge in [-0.3, -0.25) is 4.79 Å². The van der Waals surface area contributed by atoms with Gasteiger partial charge >= 0.3 is 0 Å². The monoisotopic (exact) mass is 475 g/mol. The third-order valence-corrected chi connectivity index (χ3v) is 6.84. The summed E-state index contributed by atoms with van der Waals surface area (Å²) in [6.07, 6.45) is 6.00. The van der Waals surface area contributed by atoms with Gasteiger partial charge in [-0.25, -0.2) is 4.98 Å². The van der Waals surface area contributed by atoms with Gasteiger partial charge in [-0.2, -0.15) is 0 Å². The Morgan fingerprint density at radius 1 is 1.00 bits per heavy atom. The van der Waals surface area contributed by atoms with E-state index in [1.54, 1.807) is 0 Å². The highest BCUT2D eigenvalue weighted by Crippen LogP contribution is 2.19. The number of ether oxygens (including phenoxy) is 1. The number of carbonyl (C=O) groups excluding carboxylic acids is 1. The highest BCUT2D eigenvalue weighted by Gasteiger charge is 2.10. The Bertz CT molecular complexity index is 1170. The number of hydrogen-bond donors (Lipinski definition) is 1. The van der Waals surface area contributed by atoms with Crippen LogP contribution in [0.5, 0.6) is 5.75 Å². The number of aromatic nitrogens is 2. The molecule has 0 aliphatic carbocycles. The van der Waals surface area contributed by atoms with Gasteiger partial charge in [0.2, 0.25) is 0 Å². The number of aryl methyl sites for hydroxylation is 3. The molecule has 0 bridgehead atoms. The molecule has 0 aliphatic rings. The lowest BCUT2D eigenvalue weighted by Gasteiger charge is -2.11. The van der Waals surface area contributed by atoms with Crippen molar-refractivity contribution < 1.29 is 9.53 Å². The Hall–Kier alpha value is -3.12. The van der Waals surface area contributed by atoms with E-state index in [0.717, 1.165) is 67.0 Å². The van der Waals surface area contributed by atoms with E-state index < -0.39 is 0 Å². The van der Waals surface area contributed by atoms with Crippen molar-refractivity contribution in [2.24, 2.45) is 0 Å². The van der Waals surface area contributed by atoms with E-state index in [1.165, 1.54) is 22.4 Å². The summed E-state index contributed by atoms with van der Waals surface area (Å²) in [5.41, 5.74) is 3.57. The van der Waals surface area contributed by atoms with Crippen molar-refractivity contribution in [2.45, 2.75) is 52.0 Å². The van der Waals surface area contributed by atoms with Crippen LogP contribution in [-0.4, -0.2) is 28.6 Å². The van der Waals surface area contributed by atoms with Gasteiger partial charge in [-0.1, -0.05) is 43.7 Å². The lowest BCUT2D eigenvalue weighted by Crippen LogP contribution is -2.23. The average Bonchev–Trinajstić information content (AvgIpc) is 3.53. The molecule has 2 aromatic heterocycles. The van der Waals surface area contributed by atoms with Gasteiger partial charge in [-0.05, 0) is 67.0 Å². The zero-order valence-electron chi connectivity index (χ0n) is 19.8. The maximum atomic E-state index is 12.0. The summed E-state index contributed by atoms with van der Waals surface area (Å²) in [6.45, 7) is 4.44. The van der Waals surface area contributed by atoms with Gasteiger partial charge in [0.15, 0.2) is 0 Å². The molecule has 0 unspecified atom stereocenters. The molecule has 5 nitrogen and oxygen atoms in total. The van der Waals surface area contributed by atoms with Crippen LogP contribution in [0.15, 0.2) is 66.0 Å². The predicted molar refractivity (Wildman–Crippen MR) is 140 cm³/mol. The number of hydrogen-bond acceptors (Lipinski definition) is 4. The molecule has 0 radical (unpaired) electrons. The quantitative estimate of drug-likeness (QED) is 0.232. The first-order valence-electron chi connectivity index (χ1n) is 12.2. The standard InChI is InChI=1S/C28H33N3O2S/c1-2-22-14-16-23(17-15-22)33-20-9-19-31-25-11-6-5-10-24(25)30-27(31)13-4-3-7-18-29-28(32)26-12-8-21-34-26/h5-6,8,10-12,14-17,21H,2-4,7,9,13,18-20H2,1H3,(H,29,32). The number of rotatable bonds is 13. The molecule has 4 aromatic rings. The highest BCUT2D eigenvalue weighted by atomic mass is 32.1. The molecule has 0 saturated carbocycles. The molecule has 0 spiro atoms. The normalized spacial score (nSPS) is 11.1. The minimum absolute atomic E-state index is 0.0281. The van der Waals surface area contributed by atoms with Crippen LogP contribution in [0.1, 0.15) is 53.7 Å². The molecule has 0 aliphatic heterocycles. The summed E-state index contributed by atoms with van der Waals surface area (Å²) < 4.78 is 8.30. The Kier molecular flexibility index (Phi) is 8.74. The zero-order valence-corrected chi connectivity index (χ0v) is 20.7. The molecule has 6 heteroatoms. The van der Waals surface area contributed by atoms with Crippen LogP contribution in [0.25, 0.3) is 11.0 Å². The number of imidazole rings is 1. The summed E-state index contributed by atoms with van der Waals surface area (Å²) in [5.74, 6) is 2.09. The topological polar surface area (TPSA) is 56.1 Å². The third-order valence-electron chi connectivity index (χ3n) is 5.97. The molecule has 2 aromatic carbocycles. The van der Waals surface area contributed by atoms with Crippen LogP contribution >= 0.6 is 11.3 Å². The van der Waals surface area contributed by atoms with Gasteiger partial charge in [0.25, 0.3) is 5.91 Å². The Morgan fingerprint density at radius 3 is 2.65 bits per heavy atom. The number of carbonyl (C=O) groups is 1. The second-order valence-corrected chi connectivity index (χ2v) is 9.36. The molecule has 0 atom stereocenters. The van der Waals surface area contributed by atoms with E-state index in [2.05, 4.69) is 59.3 Å². The molecule has 0 saturated heterocycles. The molecule has 4 rings (SSSR count). The first-order valence-corrected chi connectivity index (χ1v) is 13.1. The van der Waals surface area contributed by atoms with Crippen molar-refractivity contribution in [2.75, 3.05) is 13.2 Å². The van der Waals surface area contributed by atoms with Crippen LogP contribution < -0.4 is 10.1 Å². The van der Waals surface area contributed by atoms with Gasteiger partial charge in [-0.15, -0.1) is 11.3 Å². The molecule has 34 heavy (non-hydrogen) atoms. The second kappa shape index (κ2) is 12.4. The summed E-state index contributed by atoms with van der Waals surface area (Å²) in [7, 11) is 0. The van der Waals surface area contributed by atoms with Crippen molar-refractivity contribution in [3.63, 3.8) is 0 Å². The van der Waals surface area contributed by atoms with E-state index >= 15 is 0 Å². The average molecular weight is 476 g/mol. The van der Waals surface area contributed by atoms with Crippen LogP contribution in [0.2, 0.25) is 0 Å². The lowest BCUT2D eigenvalue weighted by atomic mass is 10.2. The van der Waals surface area contributed by atoms with Crippen molar-refractivity contribution in [1.29, 1.82) is 0 Å². The van der Waals surface area contributed by atoms with Gasteiger partial charge in [0.05, 0.1) is 22.5 Å². The number of amides is 1. The SMILES string of the molecule is CCc1ccc(OCCCn2c(CCCCCNC(=O)c3cccs3)nc3ccccc32)cc1. The first kappa shape index (κ1) is 24.0. The second-order valence-electron chi connectivity index (χ2n) is 8.41. The van der Waals surface area contributed by atoms with Gasteiger partial charge < -0.3 is 14.6 Å². The van der Waals surface area contributed by atoms with Crippen molar-refractivity contribution >= 4 is 28.3 Å². The molecule has 0 fully saturated rings. The molecule has 178 valence electrons. The smallest absolute Gasteiger partial charge is 0.261 e. The van der Waals surface area contributed by atoms with Crippen molar-refractivity contribution in [1.82, 2.24) is 14.9 Å². The van der Waals surface area contributed by atoms with E-state index in [4.69, 9.17) is 9.72 Å². The number of fused-ring (bicyclic) bond motifs is 1. The number of benzene rings is 2. The summed E-state index contributed by atoms with van der Waals surface area (Å²) >= 11 is 1.48. The summed E-state index contributed by atoms with van der Waals surface area (Å²) in [4.78, 5) is 17.7. The van der Waals surface area contributed by atoms with E-state index in [0.29, 0.717) is 13.2 Å².